The van der Waals surface area contributed by atoms with E-state index in [1.165, 1.54) is 0 Å². The molecule has 0 saturated heterocycles. The van der Waals surface area contributed by atoms with Gasteiger partial charge in [0.2, 0.25) is 11.8 Å². The van der Waals surface area contributed by atoms with Crippen LogP contribution in [0.5, 0.6) is 0 Å². The molecule has 0 radical (unpaired) electrons. The molecule has 0 heterocycles. The molecule has 0 spiro atoms. The maximum absolute atomic E-state index is 13.5. The average molecular weight is 516 g/mol. The Bertz CT molecular complexity index is 956. The lowest BCUT2D eigenvalue weighted by molar-refractivity contribution is -0.141. The Morgan fingerprint density at radius 3 is 2.28 bits per heavy atom. The van der Waals surface area contributed by atoms with E-state index >= 15 is 0 Å². The molecule has 4 nitrogen and oxygen atoms in total. The first-order chi connectivity index (χ1) is 15.3. The third-order valence-electron chi connectivity index (χ3n) is 5.83. The first-order valence-electron chi connectivity index (χ1n) is 10.8. The van der Waals surface area contributed by atoms with Gasteiger partial charge >= 0.3 is 0 Å². The van der Waals surface area contributed by atoms with E-state index in [0.717, 1.165) is 25.7 Å². The lowest BCUT2D eigenvalue weighted by atomic mass is 10.1. The molecule has 0 bridgehead atoms. The van der Waals surface area contributed by atoms with Crippen molar-refractivity contribution in [1.82, 2.24) is 10.2 Å². The van der Waals surface area contributed by atoms with E-state index in [4.69, 9.17) is 46.4 Å². The van der Waals surface area contributed by atoms with E-state index in [0.29, 0.717) is 37.6 Å². The van der Waals surface area contributed by atoms with Crippen LogP contribution in [0.25, 0.3) is 0 Å². The molecule has 2 amide bonds. The van der Waals surface area contributed by atoms with Crippen molar-refractivity contribution < 1.29 is 9.59 Å². The number of hydrogen-bond donors (Lipinski definition) is 1. The van der Waals surface area contributed by atoms with Gasteiger partial charge in [0.1, 0.15) is 6.04 Å². The molecular formula is C24H26Cl4N2O2. The van der Waals surface area contributed by atoms with Crippen molar-refractivity contribution in [3.63, 3.8) is 0 Å². The molecule has 0 aliphatic heterocycles. The third kappa shape index (κ3) is 6.32. The van der Waals surface area contributed by atoms with E-state index < -0.39 is 6.04 Å². The van der Waals surface area contributed by atoms with Gasteiger partial charge in [0.15, 0.2) is 0 Å². The Morgan fingerprint density at radius 1 is 1.03 bits per heavy atom. The Hall–Kier alpha value is -1.46. The Balaban J connectivity index is 1.89. The van der Waals surface area contributed by atoms with Gasteiger partial charge < -0.3 is 10.2 Å². The number of hydrogen-bond acceptors (Lipinski definition) is 2. The standard InChI is InChI=1S/C24H26Cl4N2O2/c1-2-22(24(32)29-17-6-3-4-7-17)30(14-15-10-11-16(25)12-21(15)28)23(31)13-18-19(26)8-5-9-20(18)27/h5,8-12,17,22H,2-4,6-7,13-14H2,1H3,(H,29,32)/t22-/m1/s1. The van der Waals surface area contributed by atoms with Crippen molar-refractivity contribution in [2.45, 2.75) is 64.1 Å². The summed E-state index contributed by atoms with van der Waals surface area (Å²) < 4.78 is 0. The molecule has 32 heavy (non-hydrogen) atoms. The minimum absolute atomic E-state index is 0.0169. The molecule has 0 unspecified atom stereocenters. The van der Waals surface area contributed by atoms with Crippen molar-refractivity contribution >= 4 is 58.2 Å². The number of nitrogens with one attached hydrogen (secondary N) is 1. The number of benzene rings is 2. The van der Waals surface area contributed by atoms with Crippen molar-refractivity contribution in [1.29, 1.82) is 0 Å². The molecule has 0 aromatic heterocycles. The van der Waals surface area contributed by atoms with E-state index in [1.807, 2.05) is 6.92 Å². The highest BCUT2D eigenvalue weighted by Gasteiger charge is 2.31. The van der Waals surface area contributed by atoms with Gasteiger partial charge in [-0.2, -0.15) is 0 Å². The van der Waals surface area contributed by atoms with Gasteiger partial charge in [-0.05, 0) is 54.7 Å². The molecule has 1 saturated carbocycles. The molecule has 8 heteroatoms. The summed E-state index contributed by atoms with van der Waals surface area (Å²) in [6, 6.07) is 9.76. The van der Waals surface area contributed by atoms with E-state index in [-0.39, 0.29) is 30.8 Å². The van der Waals surface area contributed by atoms with Crippen LogP contribution in [0.3, 0.4) is 0 Å². The third-order valence-corrected chi connectivity index (χ3v) is 7.13. The molecule has 172 valence electrons. The SMILES string of the molecule is CC[C@H](C(=O)NC1CCCC1)N(Cc1ccc(Cl)cc1Cl)C(=O)Cc1c(Cl)cccc1Cl. The summed E-state index contributed by atoms with van der Waals surface area (Å²) in [4.78, 5) is 28.3. The molecule has 1 aliphatic rings. The zero-order valence-electron chi connectivity index (χ0n) is 17.8. The van der Waals surface area contributed by atoms with Crippen molar-refractivity contribution in [2.24, 2.45) is 0 Å². The van der Waals surface area contributed by atoms with Gasteiger partial charge in [-0.3, -0.25) is 9.59 Å². The molecule has 1 atom stereocenters. The van der Waals surface area contributed by atoms with Crippen LogP contribution in [0.2, 0.25) is 20.1 Å². The largest absolute Gasteiger partial charge is 0.352 e. The van der Waals surface area contributed by atoms with Gasteiger partial charge in [0, 0.05) is 32.7 Å². The number of carbonyl (C=O) groups is 2. The maximum Gasteiger partial charge on any atom is 0.243 e. The summed E-state index contributed by atoms with van der Waals surface area (Å²) in [5.74, 6) is -0.400. The maximum atomic E-state index is 13.5. The van der Waals surface area contributed by atoms with Crippen LogP contribution in [0.1, 0.15) is 50.2 Å². The van der Waals surface area contributed by atoms with Crippen LogP contribution in [-0.4, -0.2) is 28.8 Å². The highest BCUT2D eigenvalue weighted by atomic mass is 35.5. The second-order valence-corrected chi connectivity index (χ2v) is 9.71. The quantitative estimate of drug-likeness (QED) is 0.424. The first kappa shape index (κ1) is 25.2. The number of carbonyl (C=O) groups excluding carboxylic acids is 2. The molecule has 1 N–H and O–H groups in total. The van der Waals surface area contributed by atoms with E-state index in [2.05, 4.69) is 5.32 Å². The molecule has 1 fully saturated rings. The van der Waals surface area contributed by atoms with Crippen LogP contribution in [0, 0.1) is 0 Å². The van der Waals surface area contributed by atoms with Crippen LogP contribution in [0.15, 0.2) is 36.4 Å². The van der Waals surface area contributed by atoms with Gasteiger partial charge in [-0.1, -0.05) is 78.3 Å². The first-order valence-corrected chi connectivity index (χ1v) is 12.3. The van der Waals surface area contributed by atoms with E-state index in [9.17, 15) is 9.59 Å². The predicted molar refractivity (Wildman–Crippen MR) is 132 cm³/mol. The molecule has 3 rings (SSSR count). The number of amides is 2. The second-order valence-electron chi connectivity index (χ2n) is 8.05. The highest BCUT2D eigenvalue weighted by Crippen LogP contribution is 2.28. The summed E-state index contributed by atoms with van der Waals surface area (Å²) in [6.45, 7) is 2.07. The lowest BCUT2D eigenvalue weighted by Crippen LogP contribution is -2.51. The number of halogens is 4. The van der Waals surface area contributed by atoms with Gasteiger partial charge in [0.05, 0.1) is 6.42 Å². The Kier molecular flexibility index (Phi) is 9.13. The van der Waals surface area contributed by atoms with Gasteiger partial charge in [-0.25, -0.2) is 0 Å². The van der Waals surface area contributed by atoms with Crippen molar-refractivity contribution in [2.75, 3.05) is 0 Å². The minimum atomic E-state index is -0.642. The average Bonchev–Trinajstić information content (AvgIpc) is 3.25. The smallest absolute Gasteiger partial charge is 0.243 e. The van der Waals surface area contributed by atoms with Crippen LogP contribution >= 0.6 is 46.4 Å². The molecule has 2 aromatic rings. The molecule has 1 aliphatic carbocycles. The van der Waals surface area contributed by atoms with Gasteiger partial charge in [-0.15, -0.1) is 0 Å². The summed E-state index contributed by atoms with van der Waals surface area (Å²) in [6.07, 6.45) is 4.59. The highest BCUT2D eigenvalue weighted by molar-refractivity contribution is 6.36. The fourth-order valence-corrected chi connectivity index (χ4v) is 5.07. The van der Waals surface area contributed by atoms with Crippen LogP contribution in [0.4, 0.5) is 0 Å². The molecule has 2 aromatic carbocycles. The Morgan fingerprint density at radius 2 is 1.69 bits per heavy atom. The van der Waals surface area contributed by atoms with Crippen molar-refractivity contribution in [3.8, 4) is 0 Å². The summed E-state index contributed by atoms with van der Waals surface area (Å²) in [7, 11) is 0. The number of rotatable bonds is 8. The molecular weight excluding hydrogens is 490 g/mol. The second kappa shape index (κ2) is 11.6. The van der Waals surface area contributed by atoms with Crippen molar-refractivity contribution in [3.05, 3.63) is 67.6 Å². The zero-order valence-corrected chi connectivity index (χ0v) is 20.9. The monoisotopic (exact) mass is 514 g/mol. The van der Waals surface area contributed by atoms with Crippen LogP contribution < -0.4 is 5.32 Å². The topological polar surface area (TPSA) is 49.4 Å². The summed E-state index contributed by atoms with van der Waals surface area (Å²) in [5.41, 5.74) is 1.25. The minimum Gasteiger partial charge on any atom is -0.352 e. The fraction of sp³-hybridized carbons (Fsp3) is 0.417. The predicted octanol–water partition coefficient (Wildman–Crippen LogP) is 6.71. The Labute approximate surface area is 209 Å². The fourth-order valence-electron chi connectivity index (χ4n) is 4.07. The van der Waals surface area contributed by atoms with Gasteiger partial charge in [0.25, 0.3) is 0 Å². The lowest BCUT2D eigenvalue weighted by Gasteiger charge is -2.32. The summed E-state index contributed by atoms with van der Waals surface area (Å²) in [5, 5.41) is 4.90. The zero-order chi connectivity index (χ0) is 23.3. The van der Waals surface area contributed by atoms with E-state index in [1.54, 1.807) is 41.3 Å². The summed E-state index contributed by atoms with van der Waals surface area (Å²) >= 11 is 25.0. The van der Waals surface area contributed by atoms with Crippen LogP contribution in [-0.2, 0) is 22.6 Å². The normalized spacial score (nSPS) is 14.9. The number of nitrogens with zero attached hydrogens (tertiary/aromatic N) is 1.